The van der Waals surface area contributed by atoms with Crippen molar-refractivity contribution in [1.82, 2.24) is 9.62 Å². The van der Waals surface area contributed by atoms with Gasteiger partial charge in [0.1, 0.15) is 0 Å². The van der Waals surface area contributed by atoms with Crippen molar-refractivity contribution in [3.63, 3.8) is 0 Å². The molecule has 1 fully saturated rings. The summed E-state index contributed by atoms with van der Waals surface area (Å²) in [7, 11) is -3.77. The third-order valence-electron chi connectivity index (χ3n) is 3.90. The number of carbonyl (C=O) groups is 1. The van der Waals surface area contributed by atoms with Crippen LogP contribution in [0.4, 0.5) is 5.69 Å². The van der Waals surface area contributed by atoms with Crippen LogP contribution in [0.3, 0.4) is 0 Å². The van der Waals surface area contributed by atoms with E-state index in [4.69, 9.17) is 4.74 Å². The number of hydrogen-bond acceptors (Lipinski definition) is 6. The number of rotatable bonds is 8. The molecule has 0 atom stereocenters. The number of nitro benzene ring substituents is 1. The highest BCUT2D eigenvalue weighted by Gasteiger charge is 2.29. The van der Waals surface area contributed by atoms with E-state index < -0.39 is 26.5 Å². The van der Waals surface area contributed by atoms with Crippen molar-refractivity contribution in [2.45, 2.75) is 31.6 Å². The van der Waals surface area contributed by atoms with E-state index in [1.165, 1.54) is 16.4 Å². The van der Waals surface area contributed by atoms with Crippen molar-refractivity contribution in [3.05, 3.63) is 28.3 Å². The van der Waals surface area contributed by atoms with E-state index in [0.717, 1.165) is 18.9 Å². The number of sulfonamides is 1. The number of nitro groups is 1. The van der Waals surface area contributed by atoms with Crippen molar-refractivity contribution in [2.24, 2.45) is 5.92 Å². The molecule has 0 aromatic heterocycles. The lowest BCUT2D eigenvalue weighted by Gasteiger charge is -2.16. The Kier molecular flexibility index (Phi) is 6.54. The molecular weight excluding hydrogens is 362 g/mol. The molecular formula is C16H23N3O6S. The molecule has 2 rings (SSSR count). The number of nitrogens with one attached hydrogen (secondary N) is 1. The lowest BCUT2D eigenvalue weighted by Crippen LogP contribution is -2.31. The number of amides is 1. The molecule has 1 N–H and O–H groups in total. The highest BCUT2D eigenvalue weighted by molar-refractivity contribution is 7.89. The van der Waals surface area contributed by atoms with Crippen molar-refractivity contribution in [3.8, 4) is 5.75 Å². The van der Waals surface area contributed by atoms with Crippen LogP contribution >= 0.6 is 0 Å². The van der Waals surface area contributed by atoms with Crippen LogP contribution in [0.2, 0.25) is 0 Å². The Labute approximate surface area is 152 Å². The van der Waals surface area contributed by atoms with Crippen molar-refractivity contribution >= 4 is 21.6 Å². The Morgan fingerprint density at radius 1 is 1.35 bits per heavy atom. The minimum absolute atomic E-state index is 0.143. The van der Waals surface area contributed by atoms with Gasteiger partial charge in [-0.15, -0.1) is 0 Å². The van der Waals surface area contributed by atoms with Crippen molar-refractivity contribution in [1.29, 1.82) is 0 Å². The zero-order valence-electron chi connectivity index (χ0n) is 14.8. The Morgan fingerprint density at radius 3 is 2.58 bits per heavy atom. The molecule has 0 unspecified atom stereocenters. The van der Waals surface area contributed by atoms with Crippen LogP contribution in [0.5, 0.6) is 5.75 Å². The van der Waals surface area contributed by atoms with Gasteiger partial charge in [0.25, 0.3) is 5.91 Å². The summed E-state index contributed by atoms with van der Waals surface area (Å²) in [6, 6.07) is 3.47. The number of carbonyl (C=O) groups excluding carboxylic acids is 1. The molecule has 0 bridgehead atoms. The minimum Gasteiger partial charge on any atom is -0.477 e. The largest absolute Gasteiger partial charge is 0.477 e. The van der Waals surface area contributed by atoms with Gasteiger partial charge in [-0.3, -0.25) is 14.9 Å². The molecule has 1 saturated heterocycles. The fourth-order valence-corrected chi connectivity index (χ4v) is 4.05. The van der Waals surface area contributed by atoms with Crippen LogP contribution in [0.1, 0.15) is 26.7 Å². The predicted molar refractivity (Wildman–Crippen MR) is 94.4 cm³/mol. The molecule has 26 heavy (non-hydrogen) atoms. The first-order valence-corrected chi connectivity index (χ1v) is 9.84. The highest BCUT2D eigenvalue weighted by atomic mass is 32.2. The topological polar surface area (TPSA) is 119 Å². The van der Waals surface area contributed by atoms with Crippen LogP contribution in [0.15, 0.2) is 23.1 Å². The van der Waals surface area contributed by atoms with Gasteiger partial charge in [-0.05, 0) is 30.9 Å². The van der Waals surface area contributed by atoms with Crippen LogP contribution in [-0.4, -0.2) is 49.8 Å². The highest BCUT2D eigenvalue weighted by Crippen LogP contribution is 2.31. The van der Waals surface area contributed by atoms with E-state index in [9.17, 15) is 23.3 Å². The monoisotopic (exact) mass is 385 g/mol. The third-order valence-corrected chi connectivity index (χ3v) is 5.79. The number of ether oxygens (including phenoxy) is 1. The first-order valence-electron chi connectivity index (χ1n) is 8.40. The van der Waals surface area contributed by atoms with E-state index in [1.807, 2.05) is 13.8 Å². The van der Waals surface area contributed by atoms with Crippen LogP contribution < -0.4 is 10.1 Å². The third kappa shape index (κ3) is 4.92. The number of hydrogen-bond donors (Lipinski definition) is 1. The summed E-state index contributed by atoms with van der Waals surface area (Å²) in [5, 5.41) is 13.9. The summed E-state index contributed by atoms with van der Waals surface area (Å²) in [4.78, 5) is 22.1. The molecule has 1 heterocycles. The molecule has 144 valence electrons. The Hall–Kier alpha value is -2.20. The zero-order valence-corrected chi connectivity index (χ0v) is 15.6. The Morgan fingerprint density at radius 2 is 2.00 bits per heavy atom. The number of benzene rings is 1. The van der Waals surface area contributed by atoms with Gasteiger partial charge in [-0.2, -0.15) is 4.31 Å². The second-order valence-corrected chi connectivity index (χ2v) is 8.42. The molecule has 10 heteroatoms. The molecule has 0 aliphatic carbocycles. The maximum absolute atomic E-state index is 12.5. The van der Waals surface area contributed by atoms with Gasteiger partial charge >= 0.3 is 5.69 Å². The Bertz CT molecular complexity index is 772. The molecule has 0 spiro atoms. The summed E-state index contributed by atoms with van der Waals surface area (Å²) < 4.78 is 31.6. The zero-order chi connectivity index (χ0) is 19.3. The first-order chi connectivity index (χ1) is 12.2. The standard InChI is InChI=1S/C16H23N3O6S/c1-12(2)10-17-16(20)11-25-15-6-5-13(9-14(15)19(21)22)26(23,24)18-7-3-4-8-18/h5-6,9,12H,3-4,7-8,10-11H2,1-2H3,(H,17,20). The fourth-order valence-electron chi connectivity index (χ4n) is 2.51. The van der Waals surface area contributed by atoms with E-state index >= 15 is 0 Å². The van der Waals surface area contributed by atoms with Gasteiger partial charge in [0.05, 0.1) is 9.82 Å². The smallest absolute Gasteiger partial charge is 0.312 e. The summed E-state index contributed by atoms with van der Waals surface area (Å²) >= 11 is 0. The molecule has 1 aromatic carbocycles. The maximum atomic E-state index is 12.5. The second-order valence-electron chi connectivity index (χ2n) is 6.48. The summed E-state index contributed by atoms with van der Waals surface area (Å²) in [5.74, 6) is -0.278. The fraction of sp³-hybridized carbons (Fsp3) is 0.562. The number of nitrogens with zero attached hydrogens (tertiary/aromatic N) is 2. The molecule has 1 aromatic rings. The molecule has 0 saturated carbocycles. The summed E-state index contributed by atoms with van der Waals surface area (Å²) in [6.45, 7) is 4.77. The van der Waals surface area contributed by atoms with Gasteiger partial charge in [0.2, 0.25) is 10.0 Å². The van der Waals surface area contributed by atoms with Crippen LogP contribution in [0, 0.1) is 16.0 Å². The minimum atomic E-state index is -3.77. The quantitative estimate of drug-likeness (QED) is 0.535. The second kappa shape index (κ2) is 8.45. The van der Waals surface area contributed by atoms with Gasteiger partial charge in [-0.25, -0.2) is 8.42 Å². The normalized spacial score (nSPS) is 15.2. The van der Waals surface area contributed by atoms with Crippen LogP contribution in [-0.2, 0) is 14.8 Å². The Balaban J connectivity index is 2.16. The van der Waals surface area contributed by atoms with Crippen molar-refractivity contribution < 1.29 is 22.9 Å². The van der Waals surface area contributed by atoms with Crippen LogP contribution in [0.25, 0.3) is 0 Å². The molecule has 0 radical (unpaired) electrons. The lowest BCUT2D eigenvalue weighted by molar-refractivity contribution is -0.386. The van der Waals surface area contributed by atoms with Gasteiger partial charge in [0, 0.05) is 25.7 Å². The average molecular weight is 385 g/mol. The van der Waals surface area contributed by atoms with E-state index in [-0.39, 0.29) is 23.2 Å². The molecule has 9 nitrogen and oxygen atoms in total. The summed E-state index contributed by atoms with van der Waals surface area (Å²) in [6.07, 6.45) is 1.54. The van der Waals surface area contributed by atoms with Gasteiger partial charge in [0.15, 0.2) is 12.4 Å². The molecule has 1 aliphatic heterocycles. The van der Waals surface area contributed by atoms with Gasteiger partial charge in [-0.1, -0.05) is 13.8 Å². The molecule has 1 amide bonds. The van der Waals surface area contributed by atoms with E-state index in [1.54, 1.807) is 0 Å². The summed E-state index contributed by atoms with van der Waals surface area (Å²) in [5.41, 5.74) is -0.484. The average Bonchev–Trinajstić information content (AvgIpc) is 3.13. The lowest BCUT2D eigenvalue weighted by atomic mass is 10.2. The van der Waals surface area contributed by atoms with E-state index in [0.29, 0.717) is 19.6 Å². The maximum Gasteiger partial charge on any atom is 0.312 e. The predicted octanol–water partition coefficient (Wildman–Crippen LogP) is 1.53. The van der Waals surface area contributed by atoms with Gasteiger partial charge < -0.3 is 10.1 Å². The van der Waals surface area contributed by atoms with E-state index in [2.05, 4.69) is 5.32 Å². The first kappa shape index (κ1) is 20.1. The SMILES string of the molecule is CC(C)CNC(=O)COc1ccc(S(=O)(=O)N2CCCC2)cc1[N+](=O)[O-]. The molecule has 1 aliphatic rings. The van der Waals surface area contributed by atoms with Crippen molar-refractivity contribution in [2.75, 3.05) is 26.2 Å².